The first-order chi connectivity index (χ1) is 9.57. The molecule has 0 aromatic heterocycles. The van der Waals surface area contributed by atoms with Crippen LogP contribution in [-0.2, 0) is 10.0 Å². The van der Waals surface area contributed by atoms with Gasteiger partial charge in [-0.2, -0.15) is 4.39 Å². The maximum Gasteiger partial charge on any atom is 0.306 e. The summed E-state index contributed by atoms with van der Waals surface area (Å²) >= 11 is 0. The topological polar surface area (TPSA) is 101 Å². The number of aliphatic hydroxyl groups is 1. The van der Waals surface area contributed by atoms with Crippen LogP contribution in [0.5, 0.6) is 0 Å². The van der Waals surface area contributed by atoms with Crippen LogP contribution >= 0.6 is 0 Å². The molecule has 0 aliphatic carbocycles. The second-order valence-electron chi connectivity index (χ2n) is 4.46. The van der Waals surface area contributed by atoms with E-state index in [4.69, 9.17) is 5.11 Å². The summed E-state index contributed by atoms with van der Waals surface area (Å²) in [6.45, 7) is 1.33. The van der Waals surface area contributed by atoms with Crippen molar-refractivity contribution in [2.45, 2.75) is 24.3 Å². The summed E-state index contributed by atoms with van der Waals surface area (Å²) in [7, 11) is -3.23. The molecule has 1 unspecified atom stereocenters. The van der Waals surface area contributed by atoms with E-state index in [1.165, 1.54) is 6.92 Å². The highest BCUT2D eigenvalue weighted by atomic mass is 32.2. The third-order valence-corrected chi connectivity index (χ3v) is 4.62. The summed E-state index contributed by atoms with van der Waals surface area (Å²) in [6.07, 6.45) is -0.671. The van der Waals surface area contributed by atoms with Gasteiger partial charge in [0.15, 0.2) is 0 Å². The maximum atomic E-state index is 13.6. The van der Waals surface area contributed by atoms with Crippen LogP contribution in [0.4, 0.5) is 14.5 Å². The number of nitro groups is 1. The number of hydrogen-bond donors (Lipinski definition) is 1. The van der Waals surface area contributed by atoms with E-state index >= 15 is 0 Å². The van der Waals surface area contributed by atoms with Crippen molar-refractivity contribution in [2.75, 3.05) is 13.6 Å². The molecule has 0 fully saturated rings. The molecule has 21 heavy (non-hydrogen) atoms. The quantitative estimate of drug-likeness (QED) is 0.627. The van der Waals surface area contributed by atoms with Crippen LogP contribution in [0.25, 0.3) is 0 Å². The Labute approximate surface area is 120 Å². The van der Waals surface area contributed by atoms with Gasteiger partial charge in [0.1, 0.15) is 10.7 Å². The molecule has 0 saturated heterocycles. The van der Waals surface area contributed by atoms with E-state index in [1.54, 1.807) is 0 Å². The molecule has 7 nitrogen and oxygen atoms in total. The Bertz CT molecular complexity index is 648. The Balaban J connectivity index is 3.25. The maximum absolute atomic E-state index is 13.6. The summed E-state index contributed by atoms with van der Waals surface area (Å²) in [6, 6.07) is 0.506. The molecule has 0 spiro atoms. The molecule has 0 radical (unpaired) electrons. The van der Waals surface area contributed by atoms with Gasteiger partial charge >= 0.3 is 5.69 Å². The van der Waals surface area contributed by atoms with Crippen LogP contribution in [0, 0.1) is 21.7 Å². The molecule has 0 aliphatic heterocycles. The molecule has 1 aromatic rings. The lowest BCUT2D eigenvalue weighted by Crippen LogP contribution is -2.30. The first-order valence-electron chi connectivity index (χ1n) is 5.85. The van der Waals surface area contributed by atoms with E-state index in [9.17, 15) is 27.3 Å². The molecule has 0 aliphatic rings. The zero-order valence-corrected chi connectivity index (χ0v) is 12.1. The third-order valence-electron chi connectivity index (χ3n) is 2.75. The van der Waals surface area contributed by atoms with E-state index in [1.807, 2.05) is 0 Å². The van der Waals surface area contributed by atoms with Crippen LogP contribution < -0.4 is 0 Å². The molecular formula is C11H14F2N2O5S. The predicted octanol–water partition coefficient (Wildman–Crippen LogP) is 1.26. The van der Waals surface area contributed by atoms with E-state index in [2.05, 4.69) is 0 Å². The van der Waals surface area contributed by atoms with Crippen LogP contribution in [0.2, 0.25) is 0 Å². The molecular weight excluding hydrogens is 310 g/mol. The molecule has 0 saturated carbocycles. The molecule has 0 bridgehead atoms. The smallest absolute Gasteiger partial charge is 0.306 e. The minimum Gasteiger partial charge on any atom is -0.393 e. The highest BCUT2D eigenvalue weighted by Crippen LogP contribution is 2.26. The van der Waals surface area contributed by atoms with Crippen molar-refractivity contribution in [1.82, 2.24) is 4.31 Å². The van der Waals surface area contributed by atoms with Gasteiger partial charge in [0, 0.05) is 25.7 Å². The second-order valence-corrected chi connectivity index (χ2v) is 6.47. The molecule has 1 atom stereocenters. The number of nitro benzene ring substituents is 1. The van der Waals surface area contributed by atoms with Gasteiger partial charge in [0.05, 0.1) is 11.0 Å². The Morgan fingerprint density at radius 3 is 2.43 bits per heavy atom. The third kappa shape index (κ3) is 3.93. The van der Waals surface area contributed by atoms with Crippen LogP contribution in [0.1, 0.15) is 13.3 Å². The fourth-order valence-electron chi connectivity index (χ4n) is 1.51. The average molecular weight is 324 g/mol. The molecule has 10 heteroatoms. The monoisotopic (exact) mass is 324 g/mol. The van der Waals surface area contributed by atoms with Gasteiger partial charge in [0.25, 0.3) is 0 Å². The lowest BCUT2D eigenvalue weighted by Gasteiger charge is -2.18. The minimum atomic E-state index is -4.36. The van der Waals surface area contributed by atoms with Crippen molar-refractivity contribution >= 4 is 15.7 Å². The fraction of sp³-hybridized carbons (Fsp3) is 0.455. The first-order valence-corrected chi connectivity index (χ1v) is 7.29. The normalized spacial score (nSPS) is 13.4. The Kier molecular flexibility index (Phi) is 5.31. The van der Waals surface area contributed by atoms with E-state index < -0.39 is 43.3 Å². The number of rotatable bonds is 6. The largest absolute Gasteiger partial charge is 0.393 e. The van der Waals surface area contributed by atoms with Crippen LogP contribution in [0.15, 0.2) is 17.0 Å². The van der Waals surface area contributed by atoms with Crippen LogP contribution in [-0.4, -0.2) is 42.4 Å². The van der Waals surface area contributed by atoms with E-state index in [-0.39, 0.29) is 19.0 Å². The van der Waals surface area contributed by atoms with Crippen molar-refractivity contribution in [1.29, 1.82) is 0 Å². The Hall–Kier alpha value is -1.65. The molecule has 118 valence electrons. The summed E-state index contributed by atoms with van der Waals surface area (Å²) in [5.74, 6) is -2.87. The second kappa shape index (κ2) is 6.41. The van der Waals surface area contributed by atoms with Gasteiger partial charge in [0.2, 0.25) is 15.8 Å². The number of sulfonamides is 1. The van der Waals surface area contributed by atoms with Crippen molar-refractivity contribution in [2.24, 2.45) is 0 Å². The molecule has 1 N–H and O–H groups in total. The number of halogens is 2. The standard InChI is InChI=1S/C11H14F2N2O5S/c1-7(16)3-4-14(2)21(19,20)11-6-10(15(17)18)8(12)5-9(11)13/h5-7,16H,3-4H2,1-2H3. The SMILES string of the molecule is CC(O)CCN(C)S(=O)(=O)c1cc([N+](=O)[O-])c(F)cc1F. The highest BCUT2D eigenvalue weighted by molar-refractivity contribution is 7.89. The van der Waals surface area contributed by atoms with Gasteiger partial charge < -0.3 is 5.11 Å². The zero-order valence-electron chi connectivity index (χ0n) is 11.3. The lowest BCUT2D eigenvalue weighted by atomic mass is 10.3. The Morgan fingerprint density at radius 1 is 1.38 bits per heavy atom. The van der Waals surface area contributed by atoms with Gasteiger partial charge in [-0.25, -0.2) is 17.1 Å². The number of benzene rings is 1. The summed E-state index contributed by atoms with van der Waals surface area (Å²) in [5.41, 5.74) is -1.13. The van der Waals surface area contributed by atoms with Gasteiger partial charge in [-0.15, -0.1) is 0 Å². The summed E-state index contributed by atoms with van der Waals surface area (Å²) < 4.78 is 51.8. The van der Waals surface area contributed by atoms with E-state index in [0.29, 0.717) is 6.07 Å². The molecule has 1 rings (SSSR count). The highest BCUT2D eigenvalue weighted by Gasteiger charge is 2.29. The number of nitrogens with zero attached hydrogens (tertiary/aromatic N) is 2. The minimum absolute atomic E-state index is 0.0979. The Morgan fingerprint density at radius 2 is 1.95 bits per heavy atom. The lowest BCUT2D eigenvalue weighted by molar-refractivity contribution is -0.387. The van der Waals surface area contributed by atoms with Gasteiger partial charge in [-0.05, 0) is 13.3 Å². The average Bonchev–Trinajstić information content (AvgIpc) is 2.34. The van der Waals surface area contributed by atoms with Gasteiger partial charge in [-0.3, -0.25) is 10.1 Å². The number of hydrogen-bond acceptors (Lipinski definition) is 5. The fourth-order valence-corrected chi connectivity index (χ4v) is 2.76. The number of aliphatic hydroxyl groups excluding tert-OH is 1. The molecule has 1 aromatic carbocycles. The summed E-state index contributed by atoms with van der Waals surface area (Å²) in [4.78, 5) is 8.48. The van der Waals surface area contributed by atoms with Crippen molar-refractivity contribution in [3.63, 3.8) is 0 Å². The van der Waals surface area contributed by atoms with Crippen LogP contribution in [0.3, 0.4) is 0 Å². The van der Waals surface area contributed by atoms with E-state index in [0.717, 1.165) is 11.4 Å². The first kappa shape index (κ1) is 17.4. The van der Waals surface area contributed by atoms with Crippen molar-refractivity contribution < 1.29 is 27.2 Å². The van der Waals surface area contributed by atoms with Crippen molar-refractivity contribution in [3.05, 3.63) is 33.9 Å². The zero-order chi connectivity index (χ0) is 16.4. The predicted molar refractivity (Wildman–Crippen MR) is 69.1 cm³/mol. The summed E-state index contributed by atoms with van der Waals surface area (Å²) in [5, 5.41) is 19.7. The van der Waals surface area contributed by atoms with Gasteiger partial charge in [-0.1, -0.05) is 0 Å². The van der Waals surface area contributed by atoms with Crippen molar-refractivity contribution in [3.8, 4) is 0 Å². The molecule has 0 amide bonds. The molecule has 0 heterocycles.